The Kier molecular flexibility index (Phi) is 7.26. The predicted molar refractivity (Wildman–Crippen MR) is 150 cm³/mol. The lowest BCUT2D eigenvalue weighted by Gasteiger charge is -2.26. The van der Waals surface area contributed by atoms with Crippen LogP contribution in [0.1, 0.15) is 11.1 Å². The molecule has 0 radical (unpaired) electrons. The lowest BCUT2D eigenvalue weighted by molar-refractivity contribution is 0.387. The molecule has 0 aliphatic carbocycles. The second-order valence-corrected chi connectivity index (χ2v) is 8.35. The molecular weight excluding hydrogens is 441 g/mol. The van der Waals surface area contributed by atoms with Gasteiger partial charge in [-0.05, 0) is 53.0 Å². The standard InChI is InChI=1S/C32H26BNO2/c35-33(36-25-32(26-14-5-1-6-15-26)27-16-7-2-8-17-27)28-18-13-23-31(24-28)34(29-19-9-3-10-20-29)30-21-11-4-12-22-30/h1-25,35H. The molecule has 0 unspecified atom stereocenters. The van der Waals surface area contributed by atoms with Crippen molar-refractivity contribution in [3.63, 3.8) is 0 Å². The van der Waals surface area contributed by atoms with Crippen LogP contribution in [-0.2, 0) is 4.65 Å². The molecule has 174 valence electrons. The number of hydrogen-bond acceptors (Lipinski definition) is 3. The normalized spacial score (nSPS) is 10.4. The van der Waals surface area contributed by atoms with Crippen molar-refractivity contribution in [3.05, 3.63) is 163 Å². The molecule has 3 nitrogen and oxygen atoms in total. The molecule has 5 aromatic carbocycles. The van der Waals surface area contributed by atoms with Crippen molar-refractivity contribution in [2.24, 2.45) is 0 Å². The molecule has 5 rings (SSSR count). The zero-order valence-electron chi connectivity index (χ0n) is 19.8. The first-order valence-electron chi connectivity index (χ1n) is 11.9. The monoisotopic (exact) mass is 467 g/mol. The number of para-hydroxylation sites is 2. The van der Waals surface area contributed by atoms with E-state index in [4.69, 9.17) is 4.65 Å². The predicted octanol–water partition coefficient (Wildman–Crippen LogP) is 6.95. The molecule has 0 bridgehead atoms. The van der Waals surface area contributed by atoms with Crippen LogP contribution in [0.25, 0.3) is 5.57 Å². The van der Waals surface area contributed by atoms with Gasteiger partial charge in [-0.25, -0.2) is 0 Å². The molecule has 1 N–H and O–H groups in total. The van der Waals surface area contributed by atoms with Gasteiger partial charge in [0.05, 0.1) is 6.26 Å². The first-order chi connectivity index (χ1) is 17.8. The summed E-state index contributed by atoms with van der Waals surface area (Å²) in [6.45, 7) is 0. The van der Waals surface area contributed by atoms with Crippen molar-refractivity contribution in [3.8, 4) is 0 Å². The number of anilines is 3. The van der Waals surface area contributed by atoms with Crippen LogP contribution >= 0.6 is 0 Å². The maximum Gasteiger partial charge on any atom is 0.559 e. The molecule has 0 amide bonds. The summed E-state index contributed by atoms with van der Waals surface area (Å²) < 4.78 is 5.92. The van der Waals surface area contributed by atoms with E-state index in [-0.39, 0.29) is 0 Å². The minimum atomic E-state index is -1.12. The smallest absolute Gasteiger partial charge is 0.538 e. The minimum Gasteiger partial charge on any atom is -0.538 e. The van der Waals surface area contributed by atoms with Crippen molar-refractivity contribution in [1.29, 1.82) is 0 Å². The molecule has 0 fully saturated rings. The molecule has 4 heteroatoms. The zero-order chi connectivity index (χ0) is 24.6. The Bertz CT molecular complexity index is 1330. The Morgan fingerprint density at radius 3 is 1.50 bits per heavy atom. The third-order valence-corrected chi connectivity index (χ3v) is 5.93. The van der Waals surface area contributed by atoms with Crippen LogP contribution in [0.3, 0.4) is 0 Å². The number of benzene rings is 5. The molecule has 0 saturated carbocycles. The highest BCUT2D eigenvalue weighted by Crippen LogP contribution is 2.33. The summed E-state index contributed by atoms with van der Waals surface area (Å²) in [6, 6.07) is 48.3. The first kappa shape index (κ1) is 23.2. The summed E-state index contributed by atoms with van der Waals surface area (Å²) in [4.78, 5) is 2.16. The van der Waals surface area contributed by atoms with Crippen molar-refractivity contribution in [2.75, 3.05) is 4.90 Å². The largest absolute Gasteiger partial charge is 0.559 e. The second kappa shape index (κ2) is 11.3. The number of nitrogens with zero attached hydrogens (tertiary/aromatic N) is 1. The van der Waals surface area contributed by atoms with Gasteiger partial charge in [-0.3, -0.25) is 0 Å². The number of rotatable bonds is 8. The lowest BCUT2D eigenvalue weighted by Crippen LogP contribution is -2.32. The van der Waals surface area contributed by atoms with Gasteiger partial charge in [-0.15, -0.1) is 0 Å². The van der Waals surface area contributed by atoms with Crippen LogP contribution in [0.15, 0.2) is 152 Å². The Morgan fingerprint density at radius 1 is 0.556 bits per heavy atom. The van der Waals surface area contributed by atoms with Crippen LogP contribution in [-0.4, -0.2) is 12.1 Å². The quantitative estimate of drug-likeness (QED) is 0.198. The average Bonchev–Trinajstić information content (AvgIpc) is 2.96. The topological polar surface area (TPSA) is 32.7 Å². The molecule has 0 aromatic heterocycles. The Balaban J connectivity index is 1.46. The van der Waals surface area contributed by atoms with E-state index in [1.54, 1.807) is 6.26 Å². The molecule has 0 spiro atoms. The van der Waals surface area contributed by atoms with E-state index in [9.17, 15) is 5.02 Å². The van der Waals surface area contributed by atoms with Crippen molar-refractivity contribution in [1.82, 2.24) is 0 Å². The molecule has 0 saturated heterocycles. The average molecular weight is 467 g/mol. The van der Waals surface area contributed by atoms with E-state index >= 15 is 0 Å². The van der Waals surface area contributed by atoms with E-state index in [1.807, 2.05) is 121 Å². The van der Waals surface area contributed by atoms with Crippen LogP contribution in [0.2, 0.25) is 0 Å². The molecule has 0 atom stereocenters. The molecule has 0 heterocycles. The van der Waals surface area contributed by atoms with Gasteiger partial charge in [0.25, 0.3) is 0 Å². The highest BCUT2D eigenvalue weighted by atomic mass is 16.5. The van der Waals surface area contributed by atoms with Crippen LogP contribution in [0.4, 0.5) is 17.1 Å². The second-order valence-electron chi connectivity index (χ2n) is 8.35. The van der Waals surface area contributed by atoms with Crippen molar-refractivity contribution in [2.45, 2.75) is 0 Å². The Labute approximate surface area is 212 Å². The van der Waals surface area contributed by atoms with Gasteiger partial charge in [0.2, 0.25) is 0 Å². The summed E-state index contributed by atoms with van der Waals surface area (Å²) in [7, 11) is -1.12. The fourth-order valence-corrected chi connectivity index (χ4v) is 4.17. The molecule has 5 aromatic rings. The SMILES string of the molecule is OB(OC=C(c1ccccc1)c1ccccc1)c1cccc(N(c2ccccc2)c2ccccc2)c1. The molecule has 36 heavy (non-hydrogen) atoms. The zero-order valence-corrected chi connectivity index (χ0v) is 19.8. The summed E-state index contributed by atoms with van der Waals surface area (Å²) in [5, 5.41) is 11.0. The van der Waals surface area contributed by atoms with Gasteiger partial charge < -0.3 is 14.6 Å². The van der Waals surface area contributed by atoms with E-state index in [0.29, 0.717) is 5.46 Å². The molecule has 0 aliphatic heterocycles. The maximum absolute atomic E-state index is 11.0. The van der Waals surface area contributed by atoms with Gasteiger partial charge in [0.1, 0.15) is 0 Å². The fourth-order valence-electron chi connectivity index (χ4n) is 4.17. The maximum atomic E-state index is 11.0. The van der Waals surface area contributed by atoms with E-state index in [0.717, 1.165) is 33.8 Å². The Morgan fingerprint density at radius 2 is 1.00 bits per heavy atom. The summed E-state index contributed by atoms with van der Waals surface area (Å²) >= 11 is 0. The van der Waals surface area contributed by atoms with Gasteiger partial charge in [0, 0.05) is 22.6 Å². The fraction of sp³-hybridized carbons (Fsp3) is 0. The van der Waals surface area contributed by atoms with Gasteiger partial charge in [0.15, 0.2) is 0 Å². The van der Waals surface area contributed by atoms with Crippen LogP contribution in [0.5, 0.6) is 0 Å². The van der Waals surface area contributed by atoms with Gasteiger partial charge in [-0.2, -0.15) is 0 Å². The van der Waals surface area contributed by atoms with Crippen LogP contribution < -0.4 is 10.4 Å². The Hall–Kier alpha value is -4.54. The number of hydrogen-bond donors (Lipinski definition) is 1. The minimum absolute atomic E-state index is 0.668. The summed E-state index contributed by atoms with van der Waals surface area (Å²) in [5.74, 6) is 0. The highest BCUT2D eigenvalue weighted by Gasteiger charge is 2.20. The van der Waals surface area contributed by atoms with Crippen molar-refractivity contribution >= 4 is 35.2 Å². The van der Waals surface area contributed by atoms with Gasteiger partial charge >= 0.3 is 7.12 Å². The van der Waals surface area contributed by atoms with E-state index < -0.39 is 7.12 Å². The van der Waals surface area contributed by atoms with E-state index in [1.165, 1.54) is 0 Å². The molecule has 0 aliphatic rings. The first-order valence-corrected chi connectivity index (χ1v) is 11.9. The molecular formula is C32H26BNO2. The third-order valence-electron chi connectivity index (χ3n) is 5.93. The van der Waals surface area contributed by atoms with Crippen molar-refractivity contribution < 1.29 is 9.68 Å². The lowest BCUT2D eigenvalue weighted by atomic mass is 9.79. The highest BCUT2D eigenvalue weighted by molar-refractivity contribution is 6.60. The van der Waals surface area contributed by atoms with Gasteiger partial charge in [-0.1, -0.05) is 109 Å². The summed E-state index contributed by atoms with van der Waals surface area (Å²) in [6.07, 6.45) is 1.65. The summed E-state index contributed by atoms with van der Waals surface area (Å²) in [5.41, 5.74) is 6.61. The van der Waals surface area contributed by atoms with E-state index in [2.05, 4.69) is 29.2 Å². The van der Waals surface area contributed by atoms with Crippen LogP contribution in [0, 0.1) is 0 Å². The third kappa shape index (κ3) is 5.40.